The van der Waals surface area contributed by atoms with E-state index in [1.54, 1.807) is 32.2 Å². The van der Waals surface area contributed by atoms with Crippen LogP contribution in [0.5, 0.6) is 5.75 Å². The van der Waals surface area contributed by atoms with Crippen molar-refractivity contribution in [3.05, 3.63) is 70.9 Å². The number of phenolic OH excluding ortho intramolecular Hbond substituents is 1. The van der Waals surface area contributed by atoms with Crippen LogP contribution < -0.4 is 10.6 Å². The molecule has 0 radical (unpaired) electrons. The Labute approximate surface area is 152 Å². The van der Waals surface area contributed by atoms with E-state index in [1.807, 2.05) is 31.2 Å². The molecule has 1 aliphatic rings. The molecule has 26 heavy (non-hydrogen) atoms. The molecule has 0 saturated heterocycles. The molecule has 6 heteroatoms. The number of anilines is 1. The van der Waals surface area contributed by atoms with Crippen LogP contribution in [0.2, 0.25) is 0 Å². The van der Waals surface area contributed by atoms with Gasteiger partial charge in [-0.1, -0.05) is 35.9 Å². The van der Waals surface area contributed by atoms with Crippen LogP contribution in [0.3, 0.4) is 0 Å². The first-order chi connectivity index (χ1) is 12.4. The molecule has 3 amide bonds. The number of allylic oxidation sites excluding steroid dienone is 1. The number of urea groups is 1. The molecule has 0 fully saturated rings. The third-order valence-corrected chi connectivity index (χ3v) is 4.56. The van der Waals surface area contributed by atoms with E-state index in [0.717, 1.165) is 5.56 Å². The summed E-state index contributed by atoms with van der Waals surface area (Å²) in [5.41, 5.74) is 3.15. The highest BCUT2D eigenvalue weighted by molar-refractivity contribution is 6.06. The van der Waals surface area contributed by atoms with Gasteiger partial charge in [-0.2, -0.15) is 0 Å². The van der Waals surface area contributed by atoms with Crippen LogP contribution in [0, 0.1) is 6.92 Å². The average Bonchev–Trinajstić information content (AvgIpc) is 2.61. The predicted octanol–water partition coefficient (Wildman–Crippen LogP) is 3.31. The fourth-order valence-corrected chi connectivity index (χ4v) is 2.93. The zero-order valence-corrected chi connectivity index (χ0v) is 14.9. The number of amides is 3. The minimum Gasteiger partial charge on any atom is -0.508 e. The summed E-state index contributed by atoms with van der Waals surface area (Å²) in [7, 11) is 1.60. The van der Waals surface area contributed by atoms with Crippen molar-refractivity contribution in [2.75, 3.05) is 12.4 Å². The minimum atomic E-state index is -0.731. The molecule has 0 bridgehead atoms. The maximum Gasteiger partial charge on any atom is 0.322 e. The molecule has 1 heterocycles. The zero-order chi connectivity index (χ0) is 18.8. The molecule has 1 aliphatic heterocycles. The Kier molecular flexibility index (Phi) is 4.67. The largest absolute Gasteiger partial charge is 0.508 e. The number of aryl methyl sites for hydroxylation is 1. The number of rotatable bonds is 3. The van der Waals surface area contributed by atoms with Crippen molar-refractivity contribution in [1.82, 2.24) is 10.2 Å². The van der Waals surface area contributed by atoms with Crippen LogP contribution in [0.4, 0.5) is 10.5 Å². The average molecular weight is 351 g/mol. The van der Waals surface area contributed by atoms with Crippen LogP contribution in [0.25, 0.3) is 0 Å². The Balaban J connectivity index is 2.01. The molecule has 134 valence electrons. The smallest absolute Gasteiger partial charge is 0.322 e. The molecule has 1 unspecified atom stereocenters. The predicted molar refractivity (Wildman–Crippen MR) is 99.7 cm³/mol. The highest BCUT2D eigenvalue weighted by Gasteiger charge is 2.35. The van der Waals surface area contributed by atoms with Gasteiger partial charge < -0.3 is 20.6 Å². The Morgan fingerprint density at radius 3 is 2.42 bits per heavy atom. The first kappa shape index (κ1) is 17.5. The van der Waals surface area contributed by atoms with Crippen LogP contribution >= 0.6 is 0 Å². The van der Waals surface area contributed by atoms with Crippen molar-refractivity contribution < 1.29 is 14.7 Å². The second-order valence-electron chi connectivity index (χ2n) is 6.32. The number of carbonyl (C=O) groups is 2. The zero-order valence-electron chi connectivity index (χ0n) is 14.9. The summed E-state index contributed by atoms with van der Waals surface area (Å²) in [6.07, 6.45) is 0. The van der Waals surface area contributed by atoms with Crippen LogP contribution in [-0.2, 0) is 4.79 Å². The number of carbonyl (C=O) groups excluding carboxylic acids is 2. The fraction of sp³-hybridized carbons (Fsp3) is 0.200. The summed E-state index contributed by atoms with van der Waals surface area (Å²) in [6.45, 7) is 3.69. The van der Waals surface area contributed by atoms with Crippen molar-refractivity contribution in [2.24, 2.45) is 0 Å². The number of hydrogen-bond donors (Lipinski definition) is 3. The van der Waals surface area contributed by atoms with Crippen molar-refractivity contribution in [3.8, 4) is 5.75 Å². The molecule has 2 aromatic rings. The molecular formula is C20H21N3O3. The molecule has 3 N–H and O–H groups in total. The third kappa shape index (κ3) is 3.26. The highest BCUT2D eigenvalue weighted by atomic mass is 16.3. The molecule has 1 atom stereocenters. The van der Waals surface area contributed by atoms with Gasteiger partial charge in [0.1, 0.15) is 5.75 Å². The van der Waals surface area contributed by atoms with E-state index < -0.39 is 6.04 Å². The number of phenols is 1. The summed E-state index contributed by atoms with van der Waals surface area (Å²) in [5.74, 6) is -0.303. The third-order valence-electron chi connectivity index (χ3n) is 4.56. The lowest BCUT2D eigenvalue weighted by molar-refractivity contribution is -0.113. The number of para-hydroxylation sites is 1. The molecule has 3 rings (SSSR count). The molecule has 2 aromatic carbocycles. The van der Waals surface area contributed by atoms with Crippen LogP contribution in [0.1, 0.15) is 24.1 Å². The second-order valence-corrected chi connectivity index (χ2v) is 6.32. The van der Waals surface area contributed by atoms with E-state index in [9.17, 15) is 14.7 Å². The van der Waals surface area contributed by atoms with E-state index in [2.05, 4.69) is 10.6 Å². The number of hydrogen-bond acceptors (Lipinski definition) is 3. The molecule has 0 saturated carbocycles. The van der Waals surface area contributed by atoms with E-state index in [4.69, 9.17) is 0 Å². The molecule has 0 aliphatic carbocycles. The van der Waals surface area contributed by atoms with Gasteiger partial charge in [-0.25, -0.2) is 4.79 Å². The van der Waals surface area contributed by atoms with Gasteiger partial charge in [-0.3, -0.25) is 4.79 Å². The van der Waals surface area contributed by atoms with Gasteiger partial charge in [0.2, 0.25) is 0 Å². The number of nitrogens with one attached hydrogen (secondary N) is 2. The van der Waals surface area contributed by atoms with E-state index in [0.29, 0.717) is 22.5 Å². The summed E-state index contributed by atoms with van der Waals surface area (Å²) >= 11 is 0. The molecule has 6 nitrogen and oxygen atoms in total. The maximum atomic E-state index is 13.0. The monoisotopic (exact) mass is 351 g/mol. The van der Waals surface area contributed by atoms with Gasteiger partial charge in [0.25, 0.3) is 5.91 Å². The standard InChI is InChI=1S/C20H21N3O3/c1-12-8-10-14(11-9-12)21-19(25)17-13(2)23(3)20(26)22-18(17)15-6-4-5-7-16(15)24/h4-11,18,24H,1-3H3,(H,21,25)(H,22,26). The van der Waals surface area contributed by atoms with Crippen molar-refractivity contribution >= 4 is 17.6 Å². The normalized spacial score (nSPS) is 17.1. The minimum absolute atomic E-state index is 0.0239. The molecular weight excluding hydrogens is 330 g/mol. The first-order valence-electron chi connectivity index (χ1n) is 8.29. The van der Waals surface area contributed by atoms with Gasteiger partial charge in [-0.15, -0.1) is 0 Å². The van der Waals surface area contributed by atoms with Gasteiger partial charge in [0.05, 0.1) is 11.6 Å². The van der Waals surface area contributed by atoms with E-state index >= 15 is 0 Å². The van der Waals surface area contributed by atoms with Gasteiger partial charge in [0.15, 0.2) is 0 Å². The number of benzene rings is 2. The molecule has 0 aromatic heterocycles. The first-order valence-corrected chi connectivity index (χ1v) is 8.29. The number of aromatic hydroxyl groups is 1. The highest BCUT2D eigenvalue weighted by Crippen LogP contribution is 2.34. The van der Waals surface area contributed by atoms with Crippen LogP contribution in [0.15, 0.2) is 59.8 Å². The quantitative estimate of drug-likeness (QED) is 0.793. The lowest BCUT2D eigenvalue weighted by Crippen LogP contribution is -2.46. The van der Waals surface area contributed by atoms with Crippen molar-refractivity contribution in [3.63, 3.8) is 0 Å². The van der Waals surface area contributed by atoms with Crippen molar-refractivity contribution in [1.29, 1.82) is 0 Å². The summed E-state index contributed by atoms with van der Waals surface area (Å²) in [6, 6.07) is 13.1. The maximum absolute atomic E-state index is 13.0. The Morgan fingerprint density at radius 2 is 1.77 bits per heavy atom. The Bertz CT molecular complexity index is 887. The van der Waals surface area contributed by atoms with E-state index in [1.165, 1.54) is 11.0 Å². The topological polar surface area (TPSA) is 81.7 Å². The van der Waals surface area contributed by atoms with Crippen molar-refractivity contribution in [2.45, 2.75) is 19.9 Å². The summed E-state index contributed by atoms with van der Waals surface area (Å²) < 4.78 is 0. The number of nitrogens with zero attached hydrogens (tertiary/aromatic N) is 1. The lowest BCUT2D eigenvalue weighted by atomic mass is 9.93. The lowest BCUT2D eigenvalue weighted by Gasteiger charge is -2.33. The SMILES string of the molecule is CC1=C(C(=O)Nc2ccc(C)cc2)C(c2ccccc2O)NC(=O)N1C. The summed E-state index contributed by atoms with van der Waals surface area (Å²) in [5, 5.41) is 15.9. The fourth-order valence-electron chi connectivity index (χ4n) is 2.93. The van der Waals surface area contributed by atoms with Gasteiger partial charge in [-0.05, 0) is 32.0 Å². The van der Waals surface area contributed by atoms with Crippen LogP contribution in [-0.4, -0.2) is 29.0 Å². The Hall–Kier alpha value is -3.28. The second kappa shape index (κ2) is 6.92. The summed E-state index contributed by atoms with van der Waals surface area (Å²) in [4.78, 5) is 26.6. The van der Waals surface area contributed by atoms with Gasteiger partial charge >= 0.3 is 6.03 Å². The molecule has 0 spiro atoms. The van der Waals surface area contributed by atoms with E-state index in [-0.39, 0.29) is 17.7 Å². The Morgan fingerprint density at radius 1 is 1.12 bits per heavy atom. The van der Waals surface area contributed by atoms with Gasteiger partial charge in [0, 0.05) is 24.0 Å².